The number of H-pyrrole nitrogens is 1. The number of aromatic nitrogens is 1. The molecule has 142 valence electrons. The Bertz CT molecular complexity index is 934. The van der Waals surface area contributed by atoms with Gasteiger partial charge in [0.05, 0.1) is 11.9 Å². The van der Waals surface area contributed by atoms with Crippen LogP contribution in [0.5, 0.6) is 0 Å². The third-order valence-electron chi connectivity index (χ3n) is 5.27. The normalized spacial score (nSPS) is 18.1. The number of likely N-dealkylation sites (tertiary alicyclic amines) is 1. The van der Waals surface area contributed by atoms with E-state index in [0.717, 1.165) is 49.1 Å². The number of carbonyl (C=O) groups excluding carboxylic acids is 1. The molecule has 0 aliphatic carbocycles. The Labute approximate surface area is 162 Å². The quantitative estimate of drug-likeness (QED) is 0.697. The van der Waals surface area contributed by atoms with E-state index < -0.39 is 0 Å². The molecule has 1 aliphatic heterocycles. The zero-order valence-electron chi connectivity index (χ0n) is 15.4. The van der Waals surface area contributed by atoms with Crippen LogP contribution in [0.3, 0.4) is 0 Å². The number of fused-ring (bicyclic) bond motifs is 1. The highest BCUT2D eigenvalue weighted by atomic mass is 32.1. The Morgan fingerprint density at radius 3 is 3.07 bits per heavy atom. The first-order valence-corrected chi connectivity index (χ1v) is 10.3. The van der Waals surface area contributed by atoms with Crippen LogP contribution < -0.4 is 5.32 Å². The molecular formula is C21H24FN3OS. The Hall–Kier alpha value is -2.18. The van der Waals surface area contributed by atoms with E-state index in [1.807, 2.05) is 13.0 Å². The van der Waals surface area contributed by atoms with Crippen LogP contribution in [-0.2, 0) is 17.8 Å². The lowest BCUT2D eigenvalue weighted by Crippen LogP contribution is -2.47. The number of amides is 1. The number of aryl methyl sites for hydroxylation is 1. The first-order chi connectivity index (χ1) is 13.1. The monoisotopic (exact) mass is 385 g/mol. The molecule has 1 atom stereocenters. The average molecular weight is 386 g/mol. The molecule has 2 aromatic heterocycles. The van der Waals surface area contributed by atoms with Gasteiger partial charge in [-0.25, -0.2) is 4.39 Å². The number of piperidine rings is 1. The van der Waals surface area contributed by atoms with E-state index in [2.05, 4.69) is 32.7 Å². The van der Waals surface area contributed by atoms with Gasteiger partial charge in [0.1, 0.15) is 5.82 Å². The highest BCUT2D eigenvalue weighted by molar-refractivity contribution is 7.09. The van der Waals surface area contributed by atoms with Crippen LogP contribution in [0.4, 0.5) is 4.39 Å². The van der Waals surface area contributed by atoms with Crippen LogP contribution in [0.25, 0.3) is 10.9 Å². The molecule has 1 fully saturated rings. The molecule has 0 bridgehead atoms. The van der Waals surface area contributed by atoms with Crippen LogP contribution in [-0.4, -0.2) is 34.9 Å². The highest BCUT2D eigenvalue weighted by Gasteiger charge is 2.22. The number of hydrogen-bond acceptors (Lipinski definition) is 3. The summed E-state index contributed by atoms with van der Waals surface area (Å²) in [6, 6.07) is 9.41. The van der Waals surface area contributed by atoms with Crippen LogP contribution in [0.1, 0.15) is 29.0 Å². The molecule has 3 heterocycles. The average Bonchev–Trinajstić information content (AvgIpc) is 3.25. The fraction of sp³-hybridized carbons (Fsp3) is 0.381. The largest absolute Gasteiger partial charge is 0.356 e. The van der Waals surface area contributed by atoms with E-state index in [0.29, 0.717) is 5.52 Å². The summed E-state index contributed by atoms with van der Waals surface area (Å²) in [6.45, 7) is 4.80. The van der Waals surface area contributed by atoms with E-state index >= 15 is 0 Å². The van der Waals surface area contributed by atoms with Crippen molar-refractivity contribution < 1.29 is 9.18 Å². The molecule has 0 unspecified atom stereocenters. The third kappa shape index (κ3) is 4.06. The van der Waals surface area contributed by atoms with Gasteiger partial charge < -0.3 is 10.3 Å². The van der Waals surface area contributed by atoms with Gasteiger partial charge in [-0.05, 0) is 49.4 Å². The second-order valence-corrected chi connectivity index (χ2v) is 8.32. The van der Waals surface area contributed by atoms with Crippen molar-refractivity contribution in [1.29, 1.82) is 0 Å². The number of thiophene rings is 1. The van der Waals surface area contributed by atoms with Crippen molar-refractivity contribution in [3.63, 3.8) is 0 Å². The van der Waals surface area contributed by atoms with Crippen molar-refractivity contribution in [3.05, 3.63) is 57.7 Å². The molecule has 1 amide bonds. The zero-order valence-corrected chi connectivity index (χ0v) is 16.2. The predicted octanol–water partition coefficient (Wildman–Crippen LogP) is 4.00. The first kappa shape index (κ1) is 18.2. The van der Waals surface area contributed by atoms with Gasteiger partial charge in [-0.1, -0.05) is 18.2 Å². The number of hydrogen-bond donors (Lipinski definition) is 2. The van der Waals surface area contributed by atoms with Crippen LogP contribution in [0.2, 0.25) is 0 Å². The molecule has 1 aromatic carbocycles. The minimum absolute atomic E-state index is 0.00577. The number of nitrogens with one attached hydrogen (secondary N) is 2. The first-order valence-electron chi connectivity index (χ1n) is 9.40. The summed E-state index contributed by atoms with van der Waals surface area (Å²) >= 11 is 1.78. The molecule has 2 N–H and O–H groups in total. The minimum Gasteiger partial charge on any atom is -0.356 e. The number of halogens is 1. The number of para-hydroxylation sites is 1. The van der Waals surface area contributed by atoms with Crippen LogP contribution in [0.15, 0.2) is 35.7 Å². The van der Waals surface area contributed by atoms with Crippen LogP contribution in [0, 0.1) is 12.7 Å². The number of rotatable bonds is 5. The Morgan fingerprint density at radius 1 is 1.37 bits per heavy atom. The summed E-state index contributed by atoms with van der Waals surface area (Å²) in [6.07, 6.45) is 2.37. The SMILES string of the molecule is Cc1[nH]c2c(F)cccc2c1CC(=O)N[C@H]1CCCN(Cc2cccs2)C1. The topological polar surface area (TPSA) is 48.1 Å². The molecule has 6 heteroatoms. The second kappa shape index (κ2) is 7.82. The van der Waals surface area contributed by atoms with E-state index in [1.165, 1.54) is 10.9 Å². The molecule has 4 rings (SSSR count). The smallest absolute Gasteiger partial charge is 0.224 e. The molecular weight excluding hydrogens is 361 g/mol. The van der Waals surface area contributed by atoms with Gasteiger partial charge in [0.15, 0.2) is 0 Å². The van der Waals surface area contributed by atoms with E-state index in [1.54, 1.807) is 17.4 Å². The molecule has 27 heavy (non-hydrogen) atoms. The lowest BCUT2D eigenvalue weighted by atomic mass is 10.0. The van der Waals surface area contributed by atoms with Gasteiger partial charge in [0.2, 0.25) is 5.91 Å². The summed E-state index contributed by atoms with van der Waals surface area (Å²) in [7, 11) is 0. The summed E-state index contributed by atoms with van der Waals surface area (Å²) in [4.78, 5) is 19.5. The van der Waals surface area contributed by atoms with Crippen LogP contribution >= 0.6 is 11.3 Å². The maximum atomic E-state index is 14.0. The maximum absolute atomic E-state index is 14.0. The van der Waals surface area contributed by atoms with Gasteiger partial charge in [-0.3, -0.25) is 9.69 Å². The molecule has 0 radical (unpaired) electrons. The van der Waals surface area contributed by atoms with E-state index in [-0.39, 0.29) is 24.2 Å². The fourth-order valence-electron chi connectivity index (χ4n) is 3.97. The second-order valence-electron chi connectivity index (χ2n) is 7.29. The highest BCUT2D eigenvalue weighted by Crippen LogP contribution is 2.25. The maximum Gasteiger partial charge on any atom is 0.224 e. The van der Waals surface area contributed by atoms with Gasteiger partial charge in [-0.2, -0.15) is 0 Å². The van der Waals surface area contributed by atoms with Crippen molar-refractivity contribution in [3.8, 4) is 0 Å². The van der Waals surface area contributed by atoms with E-state index in [4.69, 9.17) is 0 Å². The summed E-state index contributed by atoms with van der Waals surface area (Å²) in [5.41, 5.74) is 2.22. The summed E-state index contributed by atoms with van der Waals surface area (Å²) < 4.78 is 14.0. The van der Waals surface area contributed by atoms with Crippen molar-refractivity contribution in [2.24, 2.45) is 0 Å². The minimum atomic E-state index is -0.279. The molecule has 1 aliphatic rings. The van der Waals surface area contributed by atoms with Crippen molar-refractivity contribution in [2.45, 2.75) is 38.8 Å². The van der Waals surface area contributed by atoms with Crippen molar-refractivity contribution >= 4 is 28.1 Å². The molecule has 1 saturated heterocycles. The van der Waals surface area contributed by atoms with E-state index in [9.17, 15) is 9.18 Å². The zero-order chi connectivity index (χ0) is 18.8. The predicted molar refractivity (Wildman–Crippen MR) is 107 cm³/mol. The number of aromatic amines is 1. The van der Waals surface area contributed by atoms with Gasteiger partial charge in [-0.15, -0.1) is 11.3 Å². The van der Waals surface area contributed by atoms with Gasteiger partial charge in [0.25, 0.3) is 0 Å². The summed E-state index contributed by atoms with van der Waals surface area (Å²) in [5, 5.41) is 6.09. The Balaban J connectivity index is 1.39. The van der Waals surface area contributed by atoms with Gasteiger partial charge >= 0.3 is 0 Å². The molecule has 4 nitrogen and oxygen atoms in total. The molecule has 0 spiro atoms. The number of benzene rings is 1. The standard InChI is InChI=1S/C21H24FN3OS/c1-14-18(17-7-2-8-19(22)21(17)23-14)11-20(26)24-15-5-3-9-25(12-15)13-16-6-4-10-27-16/h2,4,6-8,10,15,23H,3,5,9,11-13H2,1H3,(H,24,26)/t15-/m0/s1. The third-order valence-corrected chi connectivity index (χ3v) is 6.13. The van der Waals surface area contributed by atoms with Crippen molar-refractivity contribution in [2.75, 3.05) is 13.1 Å². The lowest BCUT2D eigenvalue weighted by Gasteiger charge is -2.32. The van der Waals surface area contributed by atoms with Crippen molar-refractivity contribution in [1.82, 2.24) is 15.2 Å². The Kier molecular flexibility index (Phi) is 5.27. The summed E-state index contributed by atoms with van der Waals surface area (Å²) in [5.74, 6) is -0.273. The fourth-order valence-corrected chi connectivity index (χ4v) is 4.72. The van der Waals surface area contributed by atoms with Gasteiger partial charge in [0, 0.05) is 35.1 Å². The number of carbonyl (C=O) groups is 1. The molecule has 3 aromatic rings. The Morgan fingerprint density at radius 2 is 2.26 bits per heavy atom. The number of nitrogens with zero attached hydrogens (tertiary/aromatic N) is 1. The lowest BCUT2D eigenvalue weighted by molar-refractivity contribution is -0.121. The molecule has 0 saturated carbocycles.